The summed E-state index contributed by atoms with van der Waals surface area (Å²) in [5.41, 5.74) is 6.02. The minimum atomic E-state index is -0.481. The fourth-order valence-electron chi connectivity index (χ4n) is 1.04. The van der Waals surface area contributed by atoms with Gasteiger partial charge in [-0.25, -0.2) is 4.98 Å². The number of rotatable bonds is 1. The highest BCUT2D eigenvalue weighted by Gasteiger charge is 2.06. The van der Waals surface area contributed by atoms with Gasteiger partial charge >= 0.3 is 0 Å². The van der Waals surface area contributed by atoms with E-state index in [1.165, 1.54) is 6.20 Å². The maximum Gasteiger partial charge on any atom is 0.250 e. The highest BCUT2D eigenvalue weighted by atomic mass is 127. The van der Waals surface area contributed by atoms with E-state index < -0.39 is 5.91 Å². The SMILES string of the molecule is NC(=O)c1cnc2oc(I)cc2c1. The Morgan fingerprint density at radius 3 is 3.00 bits per heavy atom. The zero-order valence-electron chi connectivity index (χ0n) is 6.45. The normalized spacial score (nSPS) is 10.5. The van der Waals surface area contributed by atoms with Crippen molar-refractivity contribution < 1.29 is 9.21 Å². The fourth-order valence-corrected chi connectivity index (χ4v) is 1.58. The van der Waals surface area contributed by atoms with Gasteiger partial charge in [0.15, 0.2) is 3.77 Å². The lowest BCUT2D eigenvalue weighted by Crippen LogP contribution is -2.10. The first-order valence-corrected chi connectivity index (χ1v) is 4.59. The average Bonchev–Trinajstić information content (AvgIpc) is 2.42. The molecule has 0 aliphatic carbocycles. The molecule has 5 heteroatoms. The van der Waals surface area contributed by atoms with Gasteiger partial charge in [0.05, 0.1) is 5.56 Å². The molecule has 0 aromatic carbocycles. The molecule has 0 aliphatic rings. The summed E-state index contributed by atoms with van der Waals surface area (Å²) in [6.07, 6.45) is 1.41. The van der Waals surface area contributed by atoms with Crippen LogP contribution in [0.1, 0.15) is 10.4 Å². The van der Waals surface area contributed by atoms with Crippen LogP contribution in [-0.4, -0.2) is 10.9 Å². The Kier molecular flexibility index (Phi) is 1.95. The Bertz CT molecular complexity index is 478. The first kappa shape index (κ1) is 8.49. The monoisotopic (exact) mass is 288 g/mol. The van der Waals surface area contributed by atoms with Crippen molar-refractivity contribution in [2.45, 2.75) is 0 Å². The molecular weight excluding hydrogens is 283 g/mol. The molecule has 2 N–H and O–H groups in total. The molecule has 0 spiro atoms. The molecule has 13 heavy (non-hydrogen) atoms. The Balaban J connectivity index is 2.67. The van der Waals surface area contributed by atoms with E-state index in [0.717, 1.165) is 9.15 Å². The number of halogens is 1. The second kappa shape index (κ2) is 2.99. The van der Waals surface area contributed by atoms with E-state index >= 15 is 0 Å². The van der Waals surface area contributed by atoms with E-state index in [2.05, 4.69) is 4.98 Å². The number of hydrogen-bond acceptors (Lipinski definition) is 3. The van der Waals surface area contributed by atoms with Gasteiger partial charge < -0.3 is 10.2 Å². The maximum absolute atomic E-state index is 10.8. The van der Waals surface area contributed by atoms with E-state index in [9.17, 15) is 4.79 Å². The van der Waals surface area contributed by atoms with Crippen molar-refractivity contribution in [2.75, 3.05) is 0 Å². The minimum Gasteiger partial charge on any atom is -0.432 e. The molecule has 0 unspecified atom stereocenters. The van der Waals surface area contributed by atoms with Crippen LogP contribution in [-0.2, 0) is 0 Å². The molecule has 0 atom stereocenters. The van der Waals surface area contributed by atoms with Crippen molar-refractivity contribution in [2.24, 2.45) is 5.73 Å². The van der Waals surface area contributed by atoms with E-state index in [4.69, 9.17) is 10.2 Å². The molecule has 0 bridgehead atoms. The number of nitrogens with zero attached hydrogens (tertiary/aromatic N) is 1. The van der Waals surface area contributed by atoms with Crippen LogP contribution in [0.2, 0.25) is 0 Å². The number of furan rings is 1. The van der Waals surface area contributed by atoms with E-state index in [1.807, 2.05) is 22.6 Å². The van der Waals surface area contributed by atoms with Gasteiger partial charge in [0, 0.05) is 11.6 Å². The molecule has 2 aromatic rings. The Labute approximate surface area is 87.3 Å². The topological polar surface area (TPSA) is 69.1 Å². The van der Waals surface area contributed by atoms with Crippen molar-refractivity contribution >= 4 is 39.6 Å². The van der Waals surface area contributed by atoms with Crippen LogP contribution in [0.4, 0.5) is 0 Å². The van der Waals surface area contributed by atoms with Crippen molar-refractivity contribution in [3.05, 3.63) is 27.7 Å². The Morgan fingerprint density at radius 2 is 2.31 bits per heavy atom. The summed E-state index contributed by atoms with van der Waals surface area (Å²) >= 11 is 2.04. The summed E-state index contributed by atoms with van der Waals surface area (Å²) in [7, 11) is 0. The Morgan fingerprint density at radius 1 is 1.54 bits per heavy atom. The molecule has 0 aliphatic heterocycles. The maximum atomic E-state index is 10.8. The van der Waals surface area contributed by atoms with Gasteiger partial charge in [-0.2, -0.15) is 0 Å². The third-order valence-corrected chi connectivity index (χ3v) is 2.16. The highest BCUT2D eigenvalue weighted by Crippen LogP contribution is 2.19. The van der Waals surface area contributed by atoms with Gasteiger partial charge in [0.1, 0.15) is 0 Å². The molecule has 2 heterocycles. The van der Waals surface area contributed by atoms with Gasteiger partial charge in [0.25, 0.3) is 0 Å². The van der Waals surface area contributed by atoms with Crippen LogP contribution in [0, 0.1) is 3.77 Å². The first-order valence-electron chi connectivity index (χ1n) is 3.52. The van der Waals surface area contributed by atoms with Gasteiger partial charge in [-0.1, -0.05) is 0 Å². The lowest BCUT2D eigenvalue weighted by molar-refractivity contribution is 0.1000. The van der Waals surface area contributed by atoms with Gasteiger partial charge in [0.2, 0.25) is 11.6 Å². The molecule has 0 fully saturated rings. The quantitative estimate of drug-likeness (QED) is 0.809. The summed E-state index contributed by atoms with van der Waals surface area (Å²) in [5, 5.41) is 0.792. The Hall–Kier alpha value is -1.11. The zero-order chi connectivity index (χ0) is 9.42. The second-order valence-electron chi connectivity index (χ2n) is 2.53. The smallest absolute Gasteiger partial charge is 0.250 e. The van der Waals surface area contributed by atoms with Crippen molar-refractivity contribution in [1.29, 1.82) is 0 Å². The minimum absolute atomic E-state index is 0.393. The lowest BCUT2D eigenvalue weighted by Gasteiger charge is -1.92. The number of nitrogens with two attached hydrogens (primary N) is 1. The third kappa shape index (κ3) is 1.51. The van der Waals surface area contributed by atoms with Gasteiger partial charge in [-0.05, 0) is 34.7 Å². The first-order chi connectivity index (χ1) is 6.16. The highest BCUT2D eigenvalue weighted by molar-refractivity contribution is 14.1. The summed E-state index contributed by atoms with van der Waals surface area (Å²) in [6, 6.07) is 3.46. The van der Waals surface area contributed by atoms with Gasteiger partial charge in [-0.15, -0.1) is 0 Å². The summed E-state index contributed by atoms with van der Waals surface area (Å²) in [5.74, 6) is -0.481. The van der Waals surface area contributed by atoms with Crippen LogP contribution < -0.4 is 5.73 Å². The van der Waals surface area contributed by atoms with Crippen LogP contribution in [0.5, 0.6) is 0 Å². The van der Waals surface area contributed by atoms with E-state index in [1.54, 1.807) is 12.1 Å². The standard InChI is InChI=1S/C8H5IN2O2/c9-6-2-4-1-5(7(10)12)3-11-8(4)13-6/h1-3H,(H2,10,12). The number of carbonyl (C=O) groups is 1. The van der Waals surface area contributed by atoms with Crippen molar-refractivity contribution in [3.8, 4) is 0 Å². The molecule has 0 saturated heterocycles. The van der Waals surface area contributed by atoms with Crippen LogP contribution in [0.3, 0.4) is 0 Å². The van der Waals surface area contributed by atoms with Crippen molar-refractivity contribution in [1.82, 2.24) is 4.98 Å². The molecular formula is C8H5IN2O2. The van der Waals surface area contributed by atoms with E-state index in [0.29, 0.717) is 11.3 Å². The third-order valence-electron chi connectivity index (χ3n) is 1.63. The second-order valence-corrected chi connectivity index (χ2v) is 3.60. The number of primary amides is 1. The van der Waals surface area contributed by atoms with Crippen LogP contribution in [0.25, 0.3) is 11.1 Å². The lowest BCUT2D eigenvalue weighted by atomic mass is 10.2. The molecule has 0 saturated carbocycles. The molecule has 2 aromatic heterocycles. The van der Waals surface area contributed by atoms with Crippen LogP contribution >= 0.6 is 22.6 Å². The number of pyridine rings is 1. The molecule has 1 amide bonds. The summed E-state index contributed by atoms with van der Waals surface area (Å²) in [6.45, 7) is 0. The molecule has 2 rings (SSSR count). The van der Waals surface area contributed by atoms with E-state index in [-0.39, 0.29) is 0 Å². The zero-order valence-corrected chi connectivity index (χ0v) is 8.61. The average molecular weight is 288 g/mol. The molecule has 66 valence electrons. The largest absolute Gasteiger partial charge is 0.432 e. The number of carbonyl (C=O) groups excluding carboxylic acids is 1. The fraction of sp³-hybridized carbons (Fsp3) is 0. The van der Waals surface area contributed by atoms with Crippen LogP contribution in [0.15, 0.2) is 22.7 Å². The summed E-state index contributed by atoms with van der Waals surface area (Å²) < 4.78 is 5.96. The number of amides is 1. The predicted molar refractivity (Wildman–Crippen MR) is 55.2 cm³/mol. The number of hydrogen-bond donors (Lipinski definition) is 1. The van der Waals surface area contributed by atoms with Gasteiger partial charge in [-0.3, -0.25) is 4.79 Å². The molecule has 4 nitrogen and oxygen atoms in total. The van der Waals surface area contributed by atoms with Crippen molar-refractivity contribution in [3.63, 3.8) is 0 Å². The summed E-state index contributed by atoms with van der Waals surface area (Å²) in [4.78, 5) is 14.8. The number of aromatic nitrogens is 1. The molecule has 0 radical (unpaired) electrons. The number of fused-ring (bicyclic) bond motifs is 1. The predicted octanol–water partition coefficient (Wildman–Crippen LogP) is 1.53.